The summed E-state index contributed by atoms with van der Waals surface area (Å²) in [7, 11) is 0. The molecule has 1 saturated heterocycles. The van der Waals surface area contributed by atoms with Crippen LogP contribution in [0.4, 0.5) is 5.82 Å². The van der Waals surface area contributed by atoms with E-state index in [9.17, 15) is 4.79 Å². The monoisotopic (exact) mass is 340 g/mol. The number of nitrogens with zero attached hydrogens (tertiary/aromatic N) is 7. The van der Waals surface area contributed by atoms with Crippen molar-refractivity contribution in [2.24, 2.45) is 5.92 Å². The molecule has 25 heavy (non-hydrogen) atoms. The number of piperidine rings is 1. The summed E-state index contributed by atoms with van der Waals surface area (Å²) in [5, 5.41) is 10.5. The number of anilines is 1. The fourth-order valence-electron chi connectivity index (χ4n) is 3.40. The van der Waals surface area contributed by atoms with Crippen molar-refractivity contribution in [1.82, 2.24) is 34.7 Å². The molecule has 0 saturated carbocycles. The maximum atomic E-state index is 12.6. The van der Waals surface area contributed by atoms with Crippen LogP contribution in [0, 0.1) is 5.92 Å². The minimum Gasteiger partial charge on any atom is -0.354 e. The van der Waals surface area contributed by atoms with E-state index in [1.54, 1.807) is 12.4 Å². The van der Waals surface area contributed by atoms with Crippen molar-refractivity contribution in [3.63, 3.8) is 0 Å². The van der Waals surface area contributed by atoms with Crippen molar-refractivity contribution >= 4 is 5.82 Å². The Balaban J connectivity index is 1.68. The van der Waals surface area contributed by atoms with Gasteiger partial charge in [0.15, 0.2) is 11.5 Å². The maximum absolute atomic E-state index is 12.6. The molecule has 0 spiro atoms. The van der Waals surface area contributed by atoms with Gasteiger partial charge in [0, 0.05) is 18.7 Å². The van der Waals surface area contributed by atoms with Crippen LogP contribution in [0.25, 0.3) is 11.5 Å². The molecule has 9 heteroatoms. The smallest absolute Gasteiger partial charge is 0.298 e. The van der Waals surface area contributed by atoms with Crippen LogP contribution in [0.3, 0.4) is 0 Å². The number of H-pyrrole nitrogens is 1. The second-order valence-corrected chi connectivity index (χ2v) is 6.55. The van der Waals surface area contributed by atoms with E-state index in [1.807, 2.05) is 6.07 Å². The Morgan fingerprint density at radius 1 is 1.24 bits per heavy atom. The van der Waals surface area contributed by atoms with Crippen LogP contribution >= 0.6 is 0 Å². The number of aromatic amines is 1. The summed E-state index contributed by atoms with van der Waals surface area (Å²) in [6, 6.07) is 2.26. The molecule has 3 aromatic heterocycles. The first-order valence-electron chi connectivity index (χ1n) is 8.39. The Kier molecular flexibility index (Phi) is 3.83. The van der Waals surface area contributed by atoms with Gasteiger partial charge in [0.1, 0.15) is 12.1 Å². The first-order chi connectivity index (χ1) is 12.1. The van der Waals surface area contributed by atoms with Gasteiger partial charge in [0.2, 0.25) is 0 Å². The third-order valence-electron chi connectivity index (χ3n) is 4.72. The van der Waals surface area contributed by atoms with Gasteiger partial charge in [-0.1, -0.05) is 12.1 Å². The average Bonchev–Trinajstić information content (AvgIpc) is 3.24. The largest absolute Gasteiger partial charge is 0.354 e. The topological polar surface area (TPSA) is 97.5 Å². The Bertz CT molecular complexity index is 912. The Morgan fingerprint density at radius 3 is 2.84 bits per heavy atom. The standard InChI is InChI=1S/C16H20N8O/c1-11-3-5-22(12(2)7-11)14-8-15(18-10-17-14)24-16(25)13(9-20-24)23-6-4-19-21-23/h4,6,8-12,20H,3,5,7H2,1-2H3. The molecular weight excluding hydrogens is 320 g/mol. The molecule has 4 rings (SSSR count). The highest BCUT2D eigenvalue weighted by Crippen LogP contribution is 2.26. The van der Waals surface area contributed by atoms with Gasteiger partial charge < -0.3 is 4.90 Å². The Labute approximate surface area is 144 Å². The molecule has 130 valence electrons. The lowest BCUT2D eigenvalue weighted by Crippen LogP contribution is -2.40. The summed E-state index contributed by atoms with van der Waals surface area (Å²) in [4.78, 5) is 23.6. The minimum absolute atomic E-state index is 0.240. The highest BCUT2D eigenvalue weighted by molar-refractivity contribution is 5.45. The predicted molar refractivity (Wildman–Crippen MR) is 92.1 cm³/mol. The van der Waals surface area contributed by atoms with Crippen molar-refractivity contribution in [2.75, 3.05) is 11.4 Å². The van der Waals surface area contributed by atoms with E-state index in [2.05, 4.69) is 44.1 Å². The zero-order valence-electron chi connectivity index (χ0n) is 14.2. The van der Waals surface area contributed by atoms with Gasteiger partial charge in [0.25, 0.3) is 5.56 Å². The highest BCUT2D eigenvalue weighted by atomic mass is 16.1. The quantitative estimate of drug-likeness (QED) is 0.768. The van der Waals surface area contributed by atoms with Crippen LogP contribution in [0.1, 0.15) is 26.7 Å². The molecule has 0 amide bonds. The minimum atomic E-state index is -0.240. The molecule has 0 bridgehead atoms. The summed E-state index contributed by atoms with van der Waals surface area (Å²) < 4.78 is 2.81. The molecule has 3 aromatic rings. The third-order valence-corrected chi connectivity index (χ3v) is 4.72. The zero-order chi connectivity index (χ0) is 17.4. The summed E-state index contributed by atoms with van der Waals surface area (Å²) in [5.41, 5.74) is 0.147. The van der Waals surface area contributed by atoms with Crippen LogP contribution < -0.4 is 10.5 Å². The van der Waals surface area contributed by atoms with Crippen molar-refractivity contribution in [1.29, 1.82) is 0 Å². The first kappa shape index (κ1) is 15.6. The second-order valence-electron chi connectivity index (χ2n) is 6.55. The first-order valence-corrected chi connectivity index (χ1v) is 8.39. The summed E-state index contributed by atoms with van der Waals surface area (Å²) in [5.74, 6) is 2.07. The lowest BCUT2D eigenvalue weighted by atomic mass is 9.93. The normalized spacial score (nSPS) is 20.8. The molecule has 2 atom stereocenters. The van der Waals surface area contributed by atoms with Gasteiger partial charge in [-0.2, -0.15) is 4.68 Å². The molecule has 1 N–H and O–H groups in total. The van der Waals surface area contributed by atoms with Gasteiger partial charge in [-0.15, -0.1) is 5.10 Å². The van der Waals surface area contributed by atoms with Crippen LogP contribution in [-0.4, -0.2) is 47.3 Å². The molecule has 4 heterocycles. The van der Waals surface area contributed by atoms with Crippen molar-refractivity contribution in [3.05, 3.63) is 41.3 Å². The molecule has 2 unspecified atom stereocenters. The van der Waals surface area contributed by atoms with Crippen LogP contribution in [0.5, 0.6) is 0 Å². The van der Waals surface area contributed by atoms with E-state index < -0.39 is 0 Å². The molecule has 9 nitrogen and oxygen atoms in total. The summed E-state index contributed by atoms with van der Waals surface area (Å²) in [6.45, 7) is 5.45. The maximum Gasteiger partial charge on any atom is 0.298 e. The molecule has 0 radical (unpaired) electrons. The van der Waals surface area contributed by atoms with E-state index in [4.69, 9.17) is 0 Å². The van der Waals surface area contributed by atoms with Crippen molar-refractivity contribution in [2.45, 2.75) is 32.7 Å². The van der Waals surface area contributed by atoms with Crippen molar-refractivity contribution < 1.29 is 0 Å². The number of rotatable bonds is 3. The summed E-state index contributed by atoms with van der Waals surface area (Å²) in [6.07, 6.45) is 8.51. The van der Waals surface area contributed by atoms with E-state index in [0.29, 0.717) is 17.5 Å². The van der Waals surface area contributed by atoms with Crippen LogP contribution in [0.15, 0.2) is 35.8 Å². The second kappa shape index (κ2) is 6.15. The highest BCUT2D eigenvalue weighted by Gasteiger charge is 2.24. The predicted octanol–water partition coefficient (Wildman–Crippen LogP) is 1.16. The van der Waals surface area contributed by atoms with Gasteiger partial charge >= 0.3 is 0 Å². The van der Waals surface area contributed by atoms with E-state index >= 15 is 0 Å². The molecule has 1 aliphatic rings. The number of hydrogen-bond donors (Lipinski definition) is 1. The van der Waals surface area contributed by atoms with E-state index in [1.165, 1.54) is 21.9 Å². The molecule has 1 aliphatic heterocycles. The van der Waals surface area contributed by atoms with Gasteiger partial charge in [-0.05, 0) is 25.7 Å². The third kappa shape index (κ3) is 2.81. The van der Waals surface area contributed by atoms with Crippen LogP contribution in [-0.2, 0) is 0 Å². The number of hydrogen-bond acceptors (Lipinski definition) is 6. The fourth-order valence-corrected chi connectivity index (χ4v) is 3.40. The summed E-state index contributed by atoms with van der Waals surface area (Å²) >= 11 is 0. The van der Waals surface area contributed by atoms with Crippen molar-refractivity contribution in [3.8, 4) is 11.5 Å². The lowest BCUT2D eigenvalue weighted by molar-refractivity contribution is 0.376. The van der Waals surface area contributed by atoms with E-state index in [-0.39, 0.29) is 5.56 Å². The average molecular weight is 340 g/mol. The van der Waals surface area contributed by atoms with Gasteiger partial charge in [-0.25, -0.2) is 14.6 Å². The number of aromatic nitrogens is 7. The molecule has 1 fully saturated rings. The number of nitrogens with one attached hydrogen (secondary N) is 1. The zero-order valence-corrected chi connectivity index (χ0v) is 14.2. The molecule has 0 aromatic carbocycles. The SMILES string of the molecule is CC1CCN(c2cc(-n3[nH]cc(-n4ccnn4)c3=O)ncn2)C(C)C1. The Morgan fingerprint density at radius 2 is 2.08 bits per heavy atom. The molecular formula is C16H20N8O. The van der Waals surface area contributed by atoms with E-state index in [0.717, 1.165) is 31.1 Å². The van der Waals surface area contributed by atoms with Gasteiger partial charge in [0.05, 0.1) is 18.6 Å². The van der Waals surface area contributed by atoms with Gasteiger partial charge in [-0.3, -0.25) is 9.89 Å². The fraction of sp³-hybridized carbons (Fsp3) is 0.438. The molecule has 0 aliphatic carbocycles. The van der Waals surface area contributed by atoms with Crippen LogP contribution in [0.2, 0.25) is 0 Å². The Hall–Kier alpha value is -2.97. The lowest BCUT2D eigenvalue weighted by Gasteiger charge is -2.37.